The van der Waals surface area contributed by atoms with E-state index in [0.717, 1.165) is 63.1 Å². The number of fused-ring (bicyclic) bond motifs is 3. The van der Waals surface area contributed by atoms with Crippen LogP contribution in [-0.2, 0) is 19.1 Å². The molecule has 0 heterocycles. The third kappa shape index (κ3) is 6.49. The summed E-state index contributed by atoms with van der Waals surface area (Å²) in [6.45, 7) is 4.82. The minimum Gasteiger partial charge on any atom is -0.393 e. The summed E-state index contributed by atoms with van der Waals surface area (Å²) in [6, 6.07) is 8.47. The molecule has 0 aromatic heterocycles. The molecule has 5 unspecified atom stereocenters. The number of ether oxygens (including phenoxy) is 2. The van der Waals surface area contributed by atoms with Gasteiger partial charge in [0, 0.05) is 25.7 Å². The van der Waals surface area contributed by atoms with E-state index in [9.17, 15) is 14.7 Å². The van der Waals surface area contributed by atoms with E-state index in [1.165, 1.54) is 22.3 Å². The van der Waals surface area contributed by atoms with Crippen LogP contribution in [0.3, 0.4) is 0 Å². The number of allylic oxidation sites excluding steroid dienone is 4. The first kappa shape index (κ1) is 29.0. The number of methoxy groups -OCH3 is 1. The van der Waals surface area contributed by atoms with Gasteiger partial charge in [0.2, 0.25) is 0 Å². The Morgan fingerprint density at radius 1 is 1.14 bits per heavy atom. The van der Waals surface area contributed by atoms with Gasteiger partial charge in [-0.3, -0.25) is 4.79 Å². The van der Waals surface area contributed by atoms with Crippen LogP contribution < -0.4 is 0 Å². The zero-order chi connectivity index (χ0) is 26.8. The van der Waals surface area contributed by atoms with Crippen molar-refractivity contribution >= 4 is 12.6 Å². The Morgan fingerprint density at radius 3 is 2.51 bits per heavy atom. The molecule has 0 aliphatic heterocycles. The van der Waals surface area contributed by atoms with E-state index in [1.54, 1.807) is 20.3 Å². The molecule has 0 saturated heterocycles. The molecule has 4 rings (SSSR count). The molecule has 1 N–H and O–H groups in total. The van der Waals surface area contributed by atoms with Crippen LogP contribution in [0.25, 0.3) is 0 Å². The van der Waals surface area contributed by atoms with Gasteiger partial charge in [-0.2, -0.15) is 0 Å². The average Bonchev–Trinajstić information content (AvgIpc) is 3.20. The lowest BCUT2D eigenvalue weighted by molar-refractivity contribution is -0.111. The number of hydrogen-bond acceptors (Lipinski definition) is 5. The number of aldehydes is 2. The second-order valence-corrected chi connectivity index (χ2v) is 10.6. The first-order chi connectivity index (χ1) is 17.9. The number of benzene rings is 1. The molecule has 200 valence electrons. The van der Waals surface area contributed by atoms with Crippen molar-refractivity contribution in [3.05, 3.63) is 58.2 Å². The topological polar surface area (TPSA) is 72.8 Å². The maximum atomic E-state index is 11.4. The lowest BCUT2D eigenvalue weighted by Gasteiger charge is -2.51. The van der Waals surface area contributed by atoms with Gasteiger partial charge < -0.3 is 19.4 Å². The van der Waals surface area contributed by atoms with Crippen LogP contribution in [0.4, 0.5) is 0 Å². The molecule has 3 aliphatic rings. The zero-order valence-corrected chi connectivity index (χ0v) is 22.8. The van der Waals surface area contributed by atoms with Gasteiger partial charge in [-0.25, -0.2) is 0 Å². The molecule has 5 heteroatoms. The zero-order valence-electron chi connectivity index (χ0n) is 22.8. The molecular weight excluding hydrogens is 464 g/mol. The van der Waals surface area contributed by atoms with Crippen LogP contribution in [0.2, 0.25) is 0 Å². The Balaban J connectivity index is 0.00000121. The molecule has 1 aromatic rings. The number of aliphatic hydroxyl groups is 1. The normalized spacial score (nSPS) is 29.4. The van der Waals surface area contributed by atoms with Crippen molar-refractivity contribution in [3.8, 4) is 11.8 Å². The molecule has 5 nitrogen and oxygen atoms in total. The van der Waals surface area contributed by atoms with Crippen molar-refractivity contribution in [1.29, 1.82) is 0 Å². The van der Waals surface area contributed by atoms with E-state index in [2.05, 4.69) is 54.7 Å². The molecule has 0 spiro atoms. The molecule has 1 aromatic carbocycles. The highest BCUT2D eigenvalue weighted by molar-refractivity contribution is 5.69. The van der Waals surface area contributed by atoms with Crippen molar-refractivity contribution in [1.82, 2.24) is 0 Å². The highest BCUT2D eigenvalue weighted by Crippen LogP contribution is 2.63. The molecule has 0 bridgehead atoms. The van der Waals surface area contributed by atoms with Crippen molar-refractivity contribution in [2.24, 2.45) is 17.3 Å². The Morgan fingerprint density at radius 2 is 1.86 bits per heavy atom. The molecule has 37 heavy (non-hydrogen) atoms. The van der Waals surface area contributed by atoms with Gasteiger partial charge in [-0.05, 0) is 90.7 Å². The van der Waals surface area contributed by atoms with Crippen molar-refractivity contribution in [2.45, 2.75) is 70.8 Å². The Labute approximate surface area is 222 Å². The van der Waals surface area contributed by atoms with Crippen LogP contribution in [0.1, 0.15) is 75.8 Å². The van der Waals surface area contributed by atoms with Gasteiger partial charge in [0.05, 0.1) is 6.10 Å². The van der Waals surface area contributed by atoms with Gasteiger partial charge in [0.15, 0.2) is 0 Å². The van der Waals surface area contributed by atoms with Crippen LogP contribution >= 0.6 is 0 Å². The Kier molecular flexibility index (Phi) is 10.9. The lowest BCUT2D eigenvalue weighted by Crippen LogP contribution is -2.44. The van der Waals surface area contributed by atoms with E-state index in [0.29, 0.717) is 11.8 Å². The largest absolute Gasteiger partial charge is 0.393 e. The number of carbonyl (C=O) groups is 2. The third-order valence-electron chi connectivity index (χ3n) is 8.40. The molecule has 2 saturated carbocycles. The predicted molar refractivity (Wildman–Crippen MR) is 146 cm³/mol. The van der Waals surface area contributed by atoms with Gasteiger partial charge in [-0.15, -0.1) is 0 Å². The maximum absolute atomic E-state index is 11.4. The van der Waals surface area contributed by atoms with E-state index in [-0.39, 0.29) is 30.7 Å². The number of carbonyl (C=O) groups excluding carboxylic acids is 2. The molecule has 3 aliphatic carbocycles. The Bertz CT molecular complexity index is 1040. The van der Waals surface area contributed by atoms with E-state index in [1.807, 2.05) is 0 Å². The SMILES string of the molecule is CCCC1=C2C(c3ccc(C#CCOCC=O)cc3)CC3(C)C(O)CCC3C2CC/C1=C/C=O.COC. The summed E-state index contributed by atoms with van der Waals surface area (Å²) in [4.78, 5) is 21.8. The molecular formula is C32H42O5. The van der Waals surface area contributed by atoms with Crippen molar-refractivity contribution < 1.29 is 24.2 Å². The fourth-order valence-electron chi connectivity index (χ4n) is 6.87. The van der Waals surface area contributed by atoms with Gasteiger partial charge in [0.25, 0.3) is 0 Å². The van der Waals surface area contributed by atoms with Crippen LogP contribution in [-0.4, -0.2) is 51.2 Å². The Hall–Kier alpha value is -2.52. The highest BCUT2D eigenvalue weighted by atomic mass is 16.5. The van der Waals surface area contributed by atoms with Crippen molar-refractivity contribution in [2.75, 3.05) is 27.4 Å². The van der Waals surface area contributed by atoms with Gasteiger partial charge >= 0.3 is 0 Å². The smallest absolute Gasteiger partial charge is 0.145 e. The summed E-state index contributed by atoms with van der Waals surface area (Å²) < 4.78 is 9.36. The van der Waals surface area contributed by atoms with Crippen LogP contribution in [0.15, 0.2) is 47.1 Å². The van der Waals surface area contributed by atoms with Gasteiger partial charge in [0.1, 0.15) is 25.8 Å². The monoisotopic (exact) mass is 506 g/mol. The predicted octanol–water partition coefficient (Wildman–Crippen LogP) is 5.41. The second-order valence-electron chi connectivity index (χ2n) is 10.6. The third-order valence-corrected chi connectivity index (χ3v) is 8.40. The molecule has 2 fully saturated rings. The van der Waals surface area contributed by atoms with Crippen LogP contribution in [0, 0.1) is 29.1 Å². The fraction of sp³-hybridized carbons (Fsp3) is 0.562. The van der Waals surface area contributed by atoms with E-state index >= 15 is 0 Å². The average molecular weight is 507 g/mol. The molecule has 5 atom stereocenters. The van der Waals surface area contributed by atoms with Crippen molar-refractivity contribution in [3.63, 3.8) is 0 Å². The van der Waals surface area contributed by atoms with Crippen LogP contribution in [0.5, 0.6) is 0 Å². The first-order valence-electron chi connectivity index (χ1n) is 13.5. The summed E-state index contributed by atoms with van der Waals surface area (Å²) >= 11 is 0. The number of hydrogen-bond donors (Lipinski definition) is 1. The maximum Gasteiger partial charge on any atom is 0.145 e. The summed E-state index contributed by atoms with van der Waals surface area (Å²) in [6.07, 6.45) is 10.2. The lowest BCUT2D eigenvalue weighted by atomic mass is 9.53. The number of rotatable bonds is 7. The number of aliphatic hydroxyl groups excluding tert-OH is 1. The molecule has 0 amide bonds. The summed E-state index contributed by atoms with van der Waals surface area (Å²) in [7, 11) is 3.25. The minimum absolute atomic E-state index is 0.0673. The van der Waals surface area contributed by atoms with Gasteiger partial charge in [-0.1, -0.05) is 49.8 Å². The summed E-state index contributed by atoms with van der Waals surface area (Å²) in [5, 5.41) is 11.0. The fourth-order valence-corrected chi connectivity index (χ4v) is 6.87. The van der Waals surface area contributed by atoms with E-state index < -0.39 is 0 Å². The summed E-state index contributed by atoms with van der Waals surface area (Å²) in [5.41, 5.74) is 6.25. The summed E-state index contributed by atoms with van der Waals surface area (Å²) in [5.74, 6) is 7.28. The standard InChI is InChI=1S/C30H36O4.C2H6O/c1-3-5-24-23(15-16-31)11-12-25-27-13-14-28(33)30(27,2)20-26(29(24)25)22-9-7-21(8-10-22)6-4-18-34-19-17-32;1-3-2/h7-10,15-17,25-28,33H,3,5,11-14,18-20H2,1-2H3;1-2H3/b23-15-;. The quantitative estimate of drug-likeness (QED) is 0.232. The highest BCUT2D eigenvalue weighted by Gasteiger charge is 2.56. The molecule has 0 radical (unpaired) electrons. The second kappa shape index (κ2) is 13.9. The minimum atomic E-state index is -0.250. The van der Waals surface area contributed by atoms with E-state index in [4.69, 9.17) is 4.74 Å². The first-order valence-corrected chi connectivity index (χ1v) is 13.5.